The SMILES string of the molecule is CCCNCC(/C=C1\CCc2c(Br)[nH]c3cccc1c23)C(=O)N[C@H](C)CC. The maximum absolute atomic E-state index is 12.9. The van der Waals surface area contributed by atoms with Crippen molar-refractivity contribution in [2.24, 2.45) is 5.92 Å². The average Bonchev–Trinajstić information content (AvgIpc) is 2.99. The fourth-order valence-electron chi connectivity index (χ4n) is 3.71. The van der Waals surface area contributed by atoms with Crippen molar-refractivity contribution in [2.45, 2.75) is 52.5 Å². The van der Waals surface area contributed by atoms with Crippen LogP contribution in [0.1, 0.15) is 51.2 Å². The van der Waals surface area contributed by atoms with Crippen molar-refractivity contribution in [3.63, 3.8) is 0 Å². The first kappa shape index (κ1) is 20.2. The number of carbonyl (C=O) groups is 1. The Morgan fingerprint density at radius 1 is 1.33 bits per heavy atom. The zero-order valence-corrected chi connectivity index (χ0v) is 18.1. The van der Waals surface area contributed by atoms with Crippen LogP contribution in [0.15, 0.2) is 28.9 Å². The number of aryl methyl sites for hydroxylation is 1. The van der Waals surface area contributed by atoms with Crippen LogP contribution in [0.5, 0.6) is 0 Å². The maximum atomic E-state index is 12.9. The van der Waals surface area contributed by atoms with Crippen LogP contribution >= 0.6 is 15.9 Å². The molecule has 0 radical (unpaired) electrons. The zero-order chi connectivity index (χ0) is 19.4. The fraction of sp³-hybridized carbons (Fsp3) is 0.500. The monoisotopic (exact) mass is 431 g/mol. The van der Waals surface area contributed by atoms with Gasteiger partial charge in [-0.1, -0.05) is 32.1 Å². The van der Waals surface area contributed by atoms with E-state index < -0.39 is 0 Å². The third-order valence-corrected chi connectivity index (χ3v) is 6.07. The van der Waals surface area contributed by atoms with Gasteiger partial charge in [-0.2, -0.15) is 0 Å². The van der Waals surface area contributed by atoms with E-state index in [9.17, 15) is 4.79 Å². The Bertz CT molecular complexity index is 839. The molecule has 1 aliphatic rings. The highest BCUT2D eigenvalue weighted by atomic mass is 79.9. The number of aromatic nitrogens is 1. The molecule has 1 aliphatic carbocycles. The summed E-state index contributed by atoms with van der Waals surface area (Å²) in [5.41, 5.74) is 5.04. The lowest BCUT2D eigenvalue weighted by Crippen LogP contribution is -2.40. The number of hydrogen-bond acceptors (Lipinski definition) is 2. The molecule has 0 saturated heterocycles. The molecule has 27 heavy (non-hydrogen) atoms. The van der Waals surface area contributed by atoms with Crippen molar-refractivity contribution in [2.75, 3.05) is 13.1 Å². The van der Waals surface area contributed by atoms with Gasteiger partial charge in [0.05, 0.1) is 10.5 Å². The van der Waals surface area contributed by atoms with Gasteiger partial charge in [-0.15, -0.1) is 0 Å². The molecule has 0 fully saturated rings. The summed E-state index contributed by atoms with van der Waals surface area (Å²) < 4.78 is 1.08. The van der Waals surface area contributed by atoms with Gasteiger partial charge in [-0.05, 0) is 77.8 Å². The Morgan fingerprint density at radius 2 is 2.15 bits per heavy atom. The highest BCUT2D eigenvalue weighted by molar-refractivity contribution is 9.10. The van der Waals surface area contributed by atoms with E-state index in [1.807, 2.05) is 0 Å². The molecule has 2 atom stereocenters. The van der Waals surface area contributed by atoms with Crippen LogP contribution in [0.25, 0.3) is 16.5 Å². The quantitative estimate of drug-likeness (QED) is 0.526. The van der Waals surface area contributed by atoms with Crippen LogP contribution in [0.4, 0.5) is 0 Å². The number of carbonyl (C=O) groups excluding carboxylic acids is 1. The molecule has 0 spiro atoms. The van der Waals surface area contributed by atoms with E-state index >= 15 is 0 Å². The summed E-state index contributed by atoms with van der Waals surface area (Å²) >= 11 is 3.66. The first-order valence-electron chi connectivity index (χ1n) is 10.1. The third kappa shape index (κ3) is 4.46. The highest BCUT2D eigenvalue weighted by Crippen LogP contribution is 2.40. The topological polar surface area (TPSA) is 56.9 Å². The van der Waals surface area contributed by atoms with Gasteiger partial charge in [0.15, 0.2) is 0 Å². The molecular formula is C22H30BrN3O. The summed E-state index contributed by atoms with van der Waals surface area (Å²) in [6.45, 7) is 7.92. The molecule has 1 heterocycles. The molecule has 0 aliphatic heterocycles. The zero-order valence-electron chi connectivity index (χ0n) is 16.5. The number of hydrogen-bond donors (Lipinski definition) is 3. The van der Waals surface area contributed by atoms with Crippen molar-refractivity contribution >= 4 is 38.3 Å². The molecule has 3 N–H and O–H groups in total. The molecule has 1 aromatic carbocycles. The Morgan fingerprint density at radius 3 is 2.89 bits per heavy atom. The van der Waals surface area contributed by atoms with Gasteiger partial charge in [0.2, 0.25) is 5.91 Å². The number of amides is 1. The van der Waals surface area contributed by atoms with Crippen LogP contribution in [-0.4, -0.2) is 30.0 Å². The Hall–Kier alpha value is -1.59. The predicted octanol–water partition coefficient (Wildman–Crippen LogP) is 4.79. The Balaban J connectivity index is 1.92. The highest BCUT2D eigenvalue weighted by Gasteiger charge is 2.23. The lowest BCUT2D eigenvalue weighted by molar-refractivity contribution is -0.124. The van der Waals surface area contributed by atoms with Crippen molar-refractivity contribution in [1.82, 2.24) is 15.6 Å². The van der Waals surface area contributed by atoms with Gasteiger partial charge in [-0.25, -0.2) is 0 Å². The molecule has 1 amide bonds. The number of H-pyrrole nitrogens is 1. The van der Waals surface area contributed by atoms with Crippen LogP contribution in [0.2, 0.25) is 0 Å². The van der Waals surface area contributed by atoms with Crippen molar-refractivity contribution in [1.29, 1.82) is 0 Å². The number of aromatic amines is 1. The van der Waals surface area contributed by atoms with Gasteiger partial charge >= 0.3 is 0 Å². The predicted molar refractivity (Wildman–Crippen MR) is 117 cm³/mol. The minimum atomic E-state index is -0.153. The molecule has 2 aromatic rings. The van der Waals surface area contributed by atoms with E-state index in [4.69, 9.17) is 0 Å². The molecular weight excluding hydrogens is 402 g/mol. The van der Waals surface area contributed by atoms with Crippen molar-refractivity contribution in [3.8, 4) is 0 Å². The van der Waals surface area contributed by atoms with Gasteiger partial charge in [0, 0.05) is 23.5 Å². The summed E-state index contributed by atoms with van der Waals surface area (Å²) in [6, 6.07) is 6.59. The third-order valence-electron chi connectivity index (χ3n) is 5.40. The van der Waals surface area contributed by atoms with E-state index in [-0.39, 0.29) is 17.9 Å². The van der Waals surface area contributed by atoms with Gasteiger partial charge in [-0.3, -0.25) is 4.79 Å². The smallest absolute Gasteiger partial charge is 0.228 e. The Kier molecular flexibility index (Phi) is 6.77. The second kappa shape index (κ2) is 9.07. The van der Waals surface area contributed by atoms with Crippen molar-refractivity contribution in [3.05, 3.63) is 40.0 Å². The van der Waals surface area contributed by atoms with E-state index in [0.717, 1.165) is 42.3 Å². The number of nitrogens with one attached hydrogen (secondary N) is 3. The van der Waals surface area contributed by atoms with Gasteiger partial charge in [0.25, 0.3) is 0 Å². The summed E-state index contributed by atoms with van der Waals surface area (Å²) in [7, 11) is 0. The molecule has 1 aromatic heterocycles. The lowest BCUT2D eigenvalue weighted by atomic mass is 9.86. The number of allylic oxidation sites excluding steroid dienone is 1. The second-order valence-electron chi connectivity index (χ2n) is 7.47. The maximum Gasteiger partial charge on any atom is 0.228 e. The molecule has 5 heteroatoms. The standard InChI is InChI=1S/C22H30BrN3O/c1-4-11-24-13-16(22(27)25-14(3)5-2)12-15-9-10-18-20-17(15)7-6-8-19(20)26-21(18)23/h6-8,12,14,16,24,26H,4-5,9-11,13H2,1-3H3,(H,25,27)/b15-12+/t14-,16?/m1/s1. The summed E-state index contributed by atoms with van der Waals surface area (Å²) in [5, 5.41) is 7.88. The average molecular weight is 432 g/mol. The van der Waals surface area contributed by atoms with Crippen LogP contribution in [0, 0.1) is 5.92 Å². The van der Waals surface area contributed by atoms with Gasteiger partial charge in [0.1, 0.15) is 0 Å². The Labute approximate surface area is 170 Å². The second-order valence-corrected chi connectivity index (χ2v) is 8.26. The van der Waals surface area contributed by atoms with Crippen LogP contribution in [-0.2, 0) is 11.2 Å². The summed E-state index contributed by atoms with van der Waals surface area (Å²) in [6.07, 6.45) is 6.15. The molecule has 3 rings (SSSR count). The molecule has 0 saturated carbocycles. The number of benzene rings is 1. The van der Waals surface area contributed by atoms with Crippen LogP contribution < -0.4 is 10.6 Å². The molecule has 4 nitrogen and oxygen atoms in total. The summed E-state index contributed by atoms with van der Waals surface area (Å²) in [5.74, 6) is -0.0339. The first-order chi connectivity index (χ1) is 13.0. The van der Waals surface area contributed by atoms with Crippen molar-refractivity contribution < 1.29 is 4.79 Å². The minimum absolute atomic E-state index is 0.119. The normalized spacial score (nSPS) is 17.3. The minimum Gasteiger partial charge on any atom is -0.353 e. The molecule has 146 valence electrons. The van der Waals surface area contributed by atoms with E-state index in [0.29, 0.717) is 6.54 Å². The first-order valence-corrected chi connectivity index (χ1v) is 10.9. The van der Waals surface area contributed by atoms with Gasteiger partial charge < -0.3 is 15.6 Å². The molecule has 0 bridgehead atoms. The van der Waals surface area contributed by atoms with E-state index in [1.54, 1.807) is 0 Å². The van der Waals surface area contributed by atoms with Crippen LogP contribution in [0.3, 0.4) is 0 Å². The van der Waals surface area contributed by atoms with E-state index in [1.165, 1.54) is 22.1 Å². The van der Waals surface area contributed by atoms with E-state index in [2.05, 4.69) is 76.6 Å². The fourth-order valence-corrected chi connectivity index (χ4v) is 4.32. The number of rotatable bonds is 8. The molecule has 1 unspecified atom stereocenters. The summed E-state index contributed by atoms with van der Waals surface area (Å²) in [4.78, 5) is 16.3. The lowest BCUT2D eigenvalue weighted by Gasteiger charge is -2.21. The number of halogens is 1. The largest absolute Gasteiger partial charge is 0.353 e.